The van der Waals surface area contributed by atoms with E-state index in [1.54, 1.807) is 0 Å². The summed E-state index contributed by atoms with van der Waals surface area (Å²) in [6.07, 6.45) is 2.10. The average Bonchev–Trinajstić information content (AvgIpc) is 2.65. The van der Waals surface area contributed by atoms with Gasteiger partial charge < -0.3 is 15.2 Å². The standard InChI is InChI=1S/C10H17NO4/c1-3-7-4-5-8(15-7)9(12)11-6(2)10(13)14/h6-8H,3-5H2,1-2H3,(H,11,12)(H,13,14)/t6-,7?,8?/m0/s1. The molecular weight excluding hydrogens is 198 g/mol. The van der Waals surface area contributed by atoms with Crippen molar-refractivity contribution in [3.8, 4) is 0 Å². The van der Waals surface area contributed by atoms with E-state index in [-0.39, 0.29) is 12.0 Å². The number of aliphatic carboxylic acids is 1. The van der Waals surface area contributed by atoms with Gasteiger partial charge in [-0.25, -0.2) is 0 Å². The molecule has 0 aliphatic carbocycles. The van der Waals surface area contributed by atoms with E-state index in [4.69, 9.17) is 9.84 Å². The molecule has 2 N–H and O–H groups in total. The smallest absolute Gasteiger partial charge is 0.325 e. The molecule has 1 rings (SSSR count). The molecule has 0 aromatic heterocycles. The number of carboxylic acid groups (broad SMARTS) is 1. The molecule has 0 bridgehead atoms. The summed E-state index contributed by atoms with van der Waals surface area (Å²) in [7, 11) is 0. The second kappa shape index (κ2) is 5.11. The van der Waals surface area contributed by atoms with E-state index in [1.165, 1.54) is 6.92 Å². The van der Waals surface area contributed by atoms with Gasteiger partial charge in [-0.3, -0.25) is 9.59 Å². The maximum absolute atomic E-state index is 11.5. The van der Waals surface area contributed by atoms with E-state index in [9.17, 15) is 9.59 Å². The summed E-state index contributed by atoms with van der Waals surface area (Å²) in [5.41, 5.74) is 0. The van der Waals surface area contributed by atoms with E-state index in [0.29, 0.717) is 6.42 Å². The van der Waals surface area contributed by atoms with Crippen LogP contribution in [0.25, 0.3) is 0 Å². The Kier molecular flexibility index (Phi) is 4.08. The van der Waals surface area contributed by atoms with Crippen LogP contribution in [0.15, 0.2) is 0 Å². The van der Waals surface area contributed by atoms with Gasteiger partial charge in [0.05, 0.1) is 6.10 Å². The first kappa shape index (κ1) is 12.0. The maximum atomic E-state index is 11.5. The van der Waals surface area contributed by atoms with Gasteiger partial charge in [-0.1, -0.05) is 6.92 Å². The van der Waals surface area contributed by atoms with Gasteiger partial charge in [0, 0.05) is 0 Å². The maximum Gasteiger partial charge on any atom is 0.325 e. The van der Waals surface area contributed by atoms with Gasteiger partial charge in [-0.2, -0.15) is 0 Å². The quantitative estimate of drug-likeness (QED) is 0.717. The fraction of sp³-hybridized carbons (Fsp3) is 0.800. The van der Waals surface area contributed by atoms with E-state index in [0.717, 1.165) is 12.8 Å². The van der Waals surface area contributed by atoms with Crippen LogP contribution >= 0.6 is 0 Å². The fourth-order valence-corrected chi connectivity index (χ4v) is 1.57. The Morgan fingerprint density at radius 2 is 2.20 bits per heavy atom. The molecule has 5 nitrogen and oxygen atoms in total. The number of carboxylic acids is 1. The number of ether oxygens (including phenoxy) is 1. The minimum Gasteiger partial charge on any atom is -0.480 e. The minimum absolute atomic E-state index is 0.140. The average molecular weight is 215 g/mol. The SMILES string of the molecule is CCC1CCC(C(=O)N[C@@H](C)C(=O)O)O1. The predicted octanol–water partition coefficient (Wildman–Crippen LogP) is 0.533. The first-order valence-electron chi connectivity index (χ1n) is 5.23. The molecular formula is C10H17NO4. The van der Waals surface area contributed by atoms with Crippen LogP contribution in [0.1, 0.15) is 33.1 Å². The summed E-state index contributed by atoms with van der Waals surface area (Å²) in [6, 6.07) is -0.859. The molecule has 0 aromatic carbocycles. The highest BCUT2D eigenvalue weighted by atomic mass is 16.5. The lowest BCUT2D eigenvalue weighted by Gasteiger charge is -2.14. The van der Waals surface area contributed by atoms with Crippen LogP contribution in [0.4, 0.5) is 0 Å². The van der Waals surface area contributed by atoms with E-state index < -0.39 is 18.1 Å². The van der Waals surface area contributed by atoms with Crippen LogP contribution in [0.3, 0.4) is 0 Å². The number of hydrogen-bond donors (Lipinski definition) is 2. The Labute approximate surface area is 88.8 Å². The fourth-order valence-electron chi connectivity index (χ4n) is 1.57. The van der Waals surface area contributed by atoms with Crippen LogP contribution < -0.4 is 5.32 Å². The number of rotatable bonds is 4. The van der Waals surface area contributed by atoms with Crippen molar-refractivity contribution in [1.82, 2.24) is 5.32 Å². The zero-order valence-corrected chi connectivity index (χ0v) is 9.03. The molecule has 5 heteroatoms. The summed E-state index contributed by atoms with van der Waals surface area (Å²) >= 11 is 0. The Bertz CT molecular complexity index is 254. The first-order valence-corrected chi connectivity index (χ1v) is 5.23. The Balaban J connectivity index is 2.38. The largest absolute Gasteiger partial charge is 0.480 e. The summed E-state index contributed by atoms with van der Waals surface area (Å²) in [6.45, 7) is 3.44. The third-order valence-electron chi connectivity index (χ3n) is 2.58. The summed E-state index contributed by atoms with van der Waals surface area (Å²) in [5, 5.41) is 11.0. The Hall–Kier alpha value is -1.10. The molecule has 0 saturated carbocycles. The lowest BCUT2D eigenvalue weighted by Crippen LogP contribution is -2.43. The van der Waals surface area contributed by atoms with Crippen molar-refractivity contribution >= 4 is 11.9 Å². The molecule has 3 atom stereocenters. The monoisotopic (exact) mass is 215 g/mol. The van der Waals surface area contributed by atoms with Crippen molar-refractivity contribution < 1.29 is 19.4 Å². The highest BCUT2D eigenvalue weighted by Gasteiger charge is 2.30. The van der Waals surface area contributed by atoms with Crippen LogP contribution in [-0.4, -0.2) is 35.2 Å². The van der Waals surface area contributed by atoms with Crippen molar-refractivity contribution in [2.75, 3.05) is 0 Å². The predicted molar refractivity (Wildman–Crippen MR) is 53.4 cm³/mol. The summed E-state index contributed by atoms with van der Waals surface area (Å²) < 4.78 is 5.45. The number of carbonyl (C=O) groups excluding carboxylic acids is 1. The molecule has 1 aliphatic rings. The second-order valence-electron chi connectivity index (χ2n) is 3.80. The number of nitrogens with one attached hydrogen (secondary N) is 1. The molecule has 0 aromatic rings. The third kappa shape index (κ3) is 3.20. The van der Waals surface area contributed by atoms with Gasteiger partial charge in [0.15, 0.2) is 0 Å². The normalized spacial score (nSPS) is 27.3. The van der Waals surface area contributed by atoms with Crippen molar-refractivity contribution in [1.29, 1.82) is 0 Å². The molecule has 2 unspecified atom stereocenters. The van der Waals surface area contributed by atoms with Crippen molar-refractivity contribution in [3.05, 3.63) is 0 Å². The highest BCUT2D eigenvalue weighted by Crippen LogP contribution is 2.21. The lowest BCUT2D eigenvalue weighted by molar-refractivity contribution is -0.143. The molecule has 1 saturated heterocycles. The number of hydrogen-bond acceptors (Lipinski definition) is 3. The van der Waals surface area contributed by atoms with Crippen molar-refractivity contribution in [2.45, 2.75) is 51.4 Å². The molecule has 1 amide bonds. The molecule has 1 aliphatic heterocycles. The zero-order chi connectivity index (χ0) is 11.4. The lowest BCUT2D eigenvalue weighted by atomic mass is 10.1. The van der Waals surface area contributed by atoms with Crippen molar-refractivity contribution in [3.63, 3.8) is 0 Å². The summed E-state index contributed by atoms with van der Waals surface area (Å²) in [5.74, 6) is -1.35. The van der Waals surface area contributed by atoms with Crippen molar-refractivity contribution in [2.24, 2.45) is 0 Å². The Morgan fingerprint density at radius 3 is 2.67 bits per heavy atom. The first-order chi connectivity index (χ1) is 7.04. The second-order valence-corrected chi connectivity index (χ2v) is 3.80. The third-order valence-corrected chi connectivity index (χ3v) is 2.58. The van der Waals surface area contributed by atoms with E-state index in [1.807, 2.05) is 6.92 Å². The minimum atomic E-state index is -1.03. The van der Waals surface area contributed by atoms with Gasteiger partial charge in [-0.05, 0) is 26.2 Å². The molecule has 1 heterocycles. The molecule has 86 valence electrons. The van der Waals surface area contributed by atoms with Gasteiger partial charge in [0.1, 0.15) is 12.1 Å². The van der Waals surface area contributed by atoms with Gasteiger partial charge in [-0.15, -0.1) is 0 Å². The van der Waals surface area contributed by atoms with E-state index >= 15 is 0 Å². The molecule has 0 spiro atoms. The number of amides is 1. The summed E-state index contributed by atoms with van der Waals surface area (Å²) in [4.78, 5) is 22.0. The van der Waals surface area contributed by atoms with Crippen LogP contribution in [-0.2, 0) is 14.3 Å². The Morgan fingerprint density at radius 1 is 1.53 bits per heavy atom. The van der Waals surface area contributed by atoms with Gasteiger partial charge in [0.25, 0.3) is 0 Å². The van der Waals surface area contributed by atoms with Crippen LogP contribution in [0.2, 0.25) is 0 Å². The highest BCUT2D eigenvalue weighted by molar-refractivity contribution is 5.86. The van der Waals surface area contributed by atoms with E-state index in [2.05, 4.69) is 5.32 Å². The number of carbonyl (C=O) groups is 2. The van der Waals surface area contributed by atoms with Gasteiger partial charge >= 0.3 is 5.97 Å². The van der Waals surface area contributed by atoms with Crippen LogP contribution in [0.5, 0.6) is 0 Å². The molecule has 1 fully saturated rings. The molecule has 15 heavy (non-hydrogen) atoms. The topological polar surface area (TPSA) is 75.6 Å². The molecule has 0 radical (unpaired) electrons. The van der Waals surface area contributed by atoms with Crippen LogP contribution in [0, 0.1) is 0 Å². The van der Waals surface area contributed by atoms with Gasteiger partial charge in [0.2, 0.25) is 5.91 Å². The zero-order valence-electron chi connectivity index (χ0n) is 9.03.